The number of nitrogens with zero attached hydrogens (tertiary/aromatic N) is 2. The summed E-state index contributed by atoms with van der Waals surface area (Å²) >= 11 is 0. The number of aromatic nitrogens is 2. The van der Waals surface area contributed by atoms with Crippen molar-refractivity contribution in [3.8, 4) is 11.4 Å². The van der Waals surface area contributed by atoms with Crippen LogP contribution in [0, 0.1) is 0 Å². The Labute approximate surface area is 383 Å². The van der Waals surface area contributed by atoms with Gasteiger partial charge in [-0.2, -0.15) is 0 Å². The number of furan rings is 4. The number of hydrogen-bond acceptors (Lipinski definition) is 5. The van der Waals surface area contributed by atoms with Crippen molar-refractivity contribution in [1.82, 2.24) is 9.13 Å². The number of rotatable bonds is 4. The molecular formula is C61H32N2O5. The van der Waals surface area contributed by atoms with E-state index in [9.17, 15) is 4.79 Å². The van der Waals surface area contributed by atoms with Crippen molar-refractivity contribution in [2.75, 3.05) is 0 Å². The smallest absolute Gasteiger partial charge is 0.193 e. The van der Waals surface area contributed by atoms with Crippen LogP contribution in [-0.4, -0.2) is 14.9 Å². The third kappa shape index (κ3) is 4.73. The van der Waals surface area contributed by atoms with Gasteiger partial charge >= 0.3 is 0 Å². The molecule has 0 N–H and O–H groups in total. The summed E-state index contributed by atoms with van der Waals surface area (Å²) in [5, 5.41) is 12.2. The minimum atomic E-state index is -0.103. The van der Waals surface area contributed by atoms with Crippen LogP contribution in [0.5, 0.6) is 0 Å². The van der Waals surface area contributed by atoms with Gasteiger partial charge in [0.2, 0.25) is 0 Å². The summed E-state index contributed by atoms with van der Waals surface area (Å²) in [5.74, 6) is -0.103. The van der Waals surface area contributed by atoms with Crippen molar-refractivity contribution in [1.29, 1.82) is 0 Å². The summed E-state index contributed by atoms with van der Waals surface area (Å²) in [6.45, 7) is 0. The van der Waals surface area contributed by atoms with E-state index in [0.717, 1.165) is 110 Å². The number of fused-ring (bicyclic) bond motifs is 20. The molecule has 0 fully saturated rings. The third-order valence-corrected chi connectivity index (χ3v) is 14.3. The second-order valence-electron chi connectivity index (χ2n) is 17.9. The normalized spacial score (nSPS) is 12.5. The van der Waals surface area contributed by atoms with Gasteiger partial charge in [-0.1, -0.05) is 72.8 Å². The summed E-state index contributed by atoms with van der Waals surface area (Å²) in [6, 6.07) is 66.2. The second kappa shape index (κ2) is 12.9. The average Bonchev–Trinajstić information content (AvgIpc) is 4.24. The van der Waals surface area contributed by atoms with E-state index in [1.54, 1.807) is 0 Å². The van der Waals surface area contributed by atoms with Gasteiger partial charge in [-0.3, -0.25) is 4.79 Å². The topological polar surface area (TPSA) is 79.5 Å². The molecular weight excluding hydrogens is 841 g/mol. The molecule has 7 heteroatoms. The van der Waals surface area contributed by atoms with E-state index in [-0.39, 0.29) is 5.78 Å². The van der Waals surface area contributed by atoms with E-state index in [0.29, 0.717) is 22.3 Å². The number of benzene rings is 10. The Morgan fingerprint density at radius 3 is 0.897 bits per heavy atom. The van der Waals surface area contributed by atoms with Crippen LogP contribution in [0.4, 0.5) is 0 Å². The maximum atomic E-state index is 14.8. The highest BCUT2D eigenvalue weighted by Gasteiger charge is 2.23. The van der Waals surface area contributed by atoms with E-state index >= 15 is 0 Å². The lowest BCUT2D eigenvalue weighted by Gasteiger charge is -2.08. The van der Waals surface area contributed by atoms with Crippen molar-refractivity contribution in [2.45, 2.75) is 0 Å². The summed E-state index contributed by atoms with van der Waals surface area (Å²) in [5.41, 5.74) is 13.6. The zero-order valence-corrected chi connectivity index (χ0v) is 35.9. The van der Waals surface area contributed by atoms with Gasteiger partial charge in [-0.05, 0) is 121 Å². The number of para-hydroxylation sites is 4. The Bertz CT molecular complexity index is 4480. The Hall–Kier alpha value is -9.33. The number of hydrogen-bond donors (Lipinski definition) is 0. The largest absolute Gasteiger partial charge is 0.456 e. The molecule has 6 aromatic heterocycles. The van der Waals surface area contributed by atoms with Gasteiger partial charge in [-0.15, -0.1) is 0 Å². The number of carbonyl (C=O) groups excluding carboxylic acids is 1. The third-order valence-electron chi connectivity index (χ3n) is 14.3. The molecule has 0 spiro atoms. The molecule has 0 atom stereocenters. The molecule has 6 heterocycles. The van der Waals surface area contributed by atoms with Crippen molar-refractivity contribution < 1.29 is 22.5 Å². The monoisotopic (exact) mass is 872 g/mol. The molecule has 0 saturated carbocycles. The molecule has 7 nitrogen and oxygen atoms in total. The van der Waals surface area contributed by atoms with E-state index in [4.69, 9.17) is 17.7 Å². The van der Waals surface area contributed by atoms with E-state index in [2.05, 4.69) is 143 Å². The van der Waals surface area contributed by atoms with E-state index in [1.165, 1.54) is 21.5 Å². The summed E-state index contributed by atoms with van der Waals surface area (Å²) in [6.07, 6.45) is 0. The Morgan fingerprint density at radius 1 is 0.279 bits per heavy atom. The van der Waals surface area contributed by atoms with Crippen LogP contribution in [-0.2, 0) is 0 Å². The first kappa shape index (κ1) is 36.0. The minimum Gasteiger partial charge on any atom is -0.456 e. The molecule has 316 valence electrons. The van der Waals surface area contributed by atoms with Crippen LogP contribution in [0.25, 0.3) is 143 Å². The highest BCUT2D eigenvalue weighted by molar-refractivity contribution is 6.29. The molecule has 16 aromatic rings. The summed E-state index contributed by atoms with van der Waals surface area (Å²) in [7, 11) is 0. The van der Waals surface area contributed by atoms with Crippen molar-refractivity contribution in [2.24, 2.45) is 0 Å². The Balaban J connectivity index is 0.853. The van der Waals surface area contributed by atoms with E-state index in [1.807, 2.05) is 60.7 Å². The summed E-state index contributed by atoms with van der Waals surface area (Å²) in [4.78, 5) is 14.8. The van der Waals surface area contributed by atoms with Crippen LogP contribution in [0.3, 0.4) is 0 Å². The van der Waals surface area contributed by atoms with Crippen molar-refractivity contribution in [3.05, 3.63) is 205 Å². The van der Waals surface area contributed by atoms with Gasteiger partial charge in [-0.25, -0.2) is 0 Å². The predicted molar refractivity (Wildman–Crippen MR) is 274 cm³/mol. The minimum absolute atomic E-state index is 0.103. The van der Waals surface area contributed by atoms with Gasteiger partial charge in [0.25, 0.3) is 0 Å². The first-order chi connectivity index (χ1) is 33.6. The molecule has 0 saturated heterocycles. The second-order valence-corrected chi connectivity index (χ2v) is 17.9. The molecule has 0 aliphatic carbocycles. The molecule has 10 aromatic carbocycles. The van der Waals surface area contributed by atoms with Gasteiger partial charge < -0.3 is 26.8 Å². The molecule has 0 bridgehead atoms. The maximum absolute atomic E-state index is 14.8. The van der Waals surface area contributed by atoms with Crippen LogP contribution in [0.15, 0.2) is 212 Å². The van der Waals surface area contributed by atoms with Crippen LogP contribution < -0.4 is 0 Å². The average molecular weight is 873 g/mol. The number of ketones is 1. The van der Waals surface area contributed by atoms with Crippen LogP contribution >= 0.6 is 0 Å². The fraction of sp³-hybridized carbons (Fsp3) is 0. The molecule has 68 heavy (non-hydrogen) atoms. The van der Waals surface area contributed by atoms with E-state index < -0.39 is 0 Å². The molecule has 0 amide bonds. The molecule has 0 aliphatic heterocycles. The van der Waals surface area contributed by atoms with Gasteiger partial charge in [0.15, 0.2) is 5.78 Å². The van der Waals surface area contributed by atoms with Crippen LogP contribution in [0.1, 0.15) is 15.9 Å². The standard InChI is InChI=1S/C61H32N2O5/c64-61(33-17-21-49-41(29-33)57-53(65-49)25-27-55-59(57)43-31-35(19-23-51(43)67-55)62-45-13-5-1-9-37(45)38-10-2-6-14-46(38)62)34-18-22-50-42(30-34)58-54(66-50)26-28-56-60(58)44-32-36(20-24-52(44)68-56)63-47-15-7-3-11-39(47)40-12-4-8-16-48(40)63/h1-32H. The predicted octanol–water partition coefficient (Wildman–Crippen LogP) is 16.7. The van der Waals surface area contributed by atoms with Gasteiger partial charge in [0.05, 0.1) is 22.1 Å². The van der Waals surface area contributed by atoms with Crippen molar-refractivity contribution in [3.63, 3.8) is 0 Å². The Kier molecular flexibility index (Phi) is 6.84. The lowest BCUT2D eigenvalue weighted by Crippen LogP contribution is -2.00. The first-order valence-electron chi connectivity index (χ1n) is 22.8. The molecule has 16 rings (SSSR count). The maximum Gasteiger partial charge on any atom is 0.193 e. The lowest BCUT2D eigenvalue weighted by atomic mass is 9.98. The summed E-state index contributed by atoms with van der Waals surface area (Å²) < 4.78 is 30.7. The molecule has 0 unspecified atom stereocenters. The zero-order chi connectivity index (χ0) is 44.4. The highest BCUT2D eigenvalue weighted by atomic mass is 16.3. The highest BCUT2D eigenvalue weighted by Crippen LogP contribution is 2.44. The first-order valence-corrected chi connectivity index (χ1v) is 22.8. The zero-order valence-electron chi connectivity index (χ0n) is 35.9. The quantitative estimate of drug-likeness (QED) is 0.165. The van der Waals surface area contributed by atoms with Gasteiger partial charge in [0, 0.05) is 87.1 Å². The number of carbonyl (C=O) groups is 1. The van der Waals surface area contributed by atoms with Crippen molar-refractivity contribution >= 4 is 137 Å². The lowest BCUT2D eigenvalue weighted by molar-refractivity contribution is 0.103. The van der Waals surface area contributed by atoms with Crippen LogP contribution in [0.2, 0.25) is 0 Å². The molecule has 0 aliphatic rings. The Morgan fingerprint density at radius 2 is 0.559 bits per heavy atom. The molecule has 0 radical (unpaired) electrons. The fourth-order valence-electron chi connectivity index (χ4n) is 11.4. The SMILES string of the molecule is O=C(c1ccc2oc3ccc4oc5ccc(-n6c7ccccc7c7ccccc76)cc5c4c3c2c1)c1ccc2oc3ccc4oc5ccc(-n6c7ccccc7c7ccccc76)cc5c4c3c2c1. The fourth-order valence-corrected chi connectivity index (χ4v) is 11.4. The van der Waals surface area contributed by atoms with Gasteiger partial charge in [0.1, 0.15) is 44.7 Å².